The van der Waals surface area contributed by atoms with Gasteiger partial charge in [-0.25, -0.2) is 0 Å². The Hall–Kier alpha value is -1.13. The van der Waals surface area contributed by atoms with Crippen LogP contribution in [-0.2, 0) is 0 Å². The maximum absolute atomic E-state index is 5.45. The lowest BCUT2D eigenvalue weighted by molar-refractivity contribution is 0.246. The minimum absolute atomic E-state index is 0.517. The Morgan fingerprint density at radius 3 is 2.55 bits per heavy atom. The van der Waals surface area contributed by atoms with E-state index in [4.69, 9.17) is 12.2 Å². The maximum atomic E-state index is 5.45. The molecule has 0 amide bonds. The summed E-state index contributed by atoms with van der Waals surface area (Å²) in [7, 11) is 2.18. The first kappa shape index (κ1) is 13.8. The van der Waals surface area contributed by atoms with E-state index in [-0.39, 0.29) is 0 Å². The number of rotatable bonds is 3. The summed E-state index contributed by atoms with van der Waals surface area (Å²) in [4.78, 5) is 2.38. The molecule has 0 radical (unpaired) electrons. The van der Waals surface area contributed by atoms with Crippen LogP contribution in [0.25, 0.3) is 0 Å². The number of nitrogens with zero attached hydrogens (tertiary/aromatic N) is 1. The Morgan fingerprint density at radius 2 is 1.85 bits per heavy atom. The van der Waals surface area contributed by atoms with Crippen molar-refractivity contribution >= 4 is 17.3 Å². The van der Waals surface area contributed by atoms with E-state index in [1.807, 2.05) is 0 Å². The first-order chi connectivity index (χ1) is 9.72. The lowest BCUT2D eigenvalue weighted by Gasteiger charge is -2.30. The summed E-state index contributed by atoms with van der Waals surface area (Å²) in [6, 6.07) is 11.8. The van der Waals surface area contributed by atoms with Gasteiger partial charge in [-0.3, -0.25) is 0 Å². The van der Waals surface area contributed by atoms with Gasteiger partial charge in [-0.1, -0.05) is 30.3 Å². The van der Waals surface area contributed by atoms with Gasteiger partial charge in [-0.2, -0.15) is 0 Å². The molecule has 2 N–H and O–H groups in total. The van der Waals surface area contributed by atoms with Gasteiger partial charge in [0.25, 0.3) is 0 Å². The highest BCUT2D eigenvalue weighted by atomic mass is 32.1. The molecule has 2 atom stereocenters. The molecule has 1 heterocycles. The van der Waals surface area contributed by atoms with Crippen LogP contribution >= 0.6 is 12.2 Å². The van der Waals surface area contributed by atoms with E-state index in [1.54, 1.807) is 0 Å². The fourth-order valence-electron chi connectivity index (χ4n) is 2.97. The Kier molecular flexibility index (Phi) is 4.22. The Morgan fingerprint density at radius 1 is 1.15 bits per heavy atom. The van der Waals surface area contributed by atoms with Crippen LogP contribution in [0.3, 0.4) is 0 Å². The molecule has 3 rings (SSSR count). The normalized spacial score (nSPS) is 27.1. The summed E-state index contributed by atoms with van der Waals surface area (Å²) in [5.74, 6) is 0.633. The summed E-state index contributed by atoms with van der Waals surface area (Å²) in [5, 5.41) is 7.78. The molecule has 1 saturated carbocycles. The van der Waals surface area contributed by atoms with E-state index in [0.29, 0.717) is 18.0 Å². The van der Waals surface area contributed by atoms with Gasteiger partial charge < -0.3 is 15.5 Å². The third-order valence-corrected chi connectivity index (χ3v) is 4.62. The van der Waals surface area contributed by atoms with Crippen LogP contribution in [0.15, 0.2) is 30.3 Å². The minimum atomic E-state index is 0.517. The predicted octanol–water partition coefficient (Wildman–Crippen LogP) is 2.10. The summed E-state index contributed by atoms with van der Waals surface area (Å²) in [6.45, 7) is 2.33. The van der Waals surface area contributed by atoms with Gasteiger partial charge in [0.1, 0.15) is 0 Å². The molecule has 0 aromatic heterocycles. The first-order valence-corrected chi connectivity index (χ1v) is 7.94. The number of likely N-dealkylation sites (tertiary alicyclic amines) is 1. The highest BCUT2D eigenvalue weighted by Crippen LogP contribution is 2.40. The zero-order valence-electron chi connectivity index (χ0n) is 12.0. The highest BCUT2D eigenvalue weighted by Gasteiger charge is 2.38. The molecular weight excluding hydrogens is 266 g/mol. The molecule has 2 fully saturated rings. The van der Waals surface area contributed by atoms with Gasteiger partial charge >= 0.3 is 0 Å². The van der Waals surface area contributed by atoms with Crippen molar-refractivity contribution < 1.29 is 0 Å². The second-order valence-electron chi connectivity index (χ2n) is 6.05. The van der Waals surface area contributed by atoms with Gasteiger partial charge in [0.05, 0.1) is 0 Å². The second-order valence-corrected chi connectivity index (χ2v) is 6.46. The summed E-state index contributed by atoms with van der Waals surface area (Å²) < 4.78 is 0. The minimum Gasteiger partial charge on any atom is -0.360 e. The van der Waals surface area contributed by atoms with E-state index in [9.17, 15) is 0 Å². The van der Waals surface area contributed by atoms with Gasteiger partial charge in [-0.05, 0) is 57.2 Å². The van der Waals surface area contributed by atoms with E-state index in [2.05, 4.69) is 52.9 Å². The average Bonchev–Trinajstić information content (AvgIpc) is 3.21. The third kappa shape index (κ3) is 3.49. The number of nitrogens with one attached hydrogen (secondary N) is 2. The number of hydrogen-bond acceptors (Lipinski definition) is 2. The fraction of sp³-hybridized carbons (Fsp3) is 0.562. The van der Waals surface area contributed by atoms with Crippen molar-refractivity contribution in [2.24, 2.45) is 0 Å². The molecule has 0 bridgehead atoms. The molecule has 2 aliphatic rings. The Labute approximate surface area is 126 Å². The molecule has 108 valence electrons. The van der Waals surface area contributed by atoms with Crippen LogP contribution in [-0.4, -0.2) is 42.2 Å². The predicted molar refractivity (Wildman–Crippen MR) is 87.0 cm³/mol. The SMILES string of the molecule is CN1CCC(NC(=S)NC2CC2c2ccccc2)CC1. The molecule has 3 nitrogen and oxygen atoms in total. The molecule has 0 spiro atoms. The van der Waals surface area contributed by atoms with Gasteiger partial charge in [0.15, 0.2) is 5.11 Å². The van der Waals surface area contributed by atoms with Crippen molar-refractivity contribution in [2.45, 2.75) is 37.3 Å². The summed E-state index contributed by atoms with van der Waals surface area (Å²) in [6.07, 6.45) is 3.56. The zero-order chi connectivity index (χ0) is 13.9. The van der Waals surface area contributed by atoms with Gasteiger partial charge in [0, 0.05) is 18.0 Å². The monoisotopic (exact) mass is 289 g/mol. The van der Waals surface area contributed by atoms with Crippen molar-refractivity contribution in [3.63, 3.8) is 0 Å². The van der Waals surface area contributed by atoms with Crippen LogP contribution < -0.4 is 10.6 Å². The Balaban J connectivity index is 1.42. The van der Waals surface area contributed by atoms with Crippen LogP contribution in [0.1, 0.15) is 30.7 Å². The van der Waals surface area contributed by atoms with E-state index in [1.165, 1.54) is 24.8 Å². The Bertz CT molecular complexity index is 454. The molecule has 2 unspecified atom stereocenters. The van der Waals surface area contributed by atoms with Crippen LogP contribution in [0.2, 0.25) is 0 Å². The lowest BCUT2D eigenvalue weighted by Crippen LogP contribution is -2.47. The summed E-state index contributed by atoms with van der Waals surface area (Å²) in [5.41, 5.74) is 1.42. The molecule has 4 heteroatoms. The molecule has 1 aromatic rings. The topological polar surface area (TPSA) is 27.3 Å². The van der Waals surface area contributed by atoms with E-state index >= 15 is 0 Å². The molecule has 1 saturated heterocycles. The highest BCUT2D eigenvalue weighted by molar-refractivity contribution is 7.80. The van der Waals surface area contributed by atoms with Gasteiger partial charge in [0.2, 0.25) is 0 Å². The molecule has 1 aliphatic heterocycles. The zero-order valence-corrected chi connectivity index (χ0v) is 12.8. The largest absolute Gasteiger partial charge is 0.360 e. The molecule has 1 aliphatic carbocycles. The van der Waals surface area contributed by atoms with E-state index in [0.717, 1.165) is 18.2 Å². The smallest absolute Gasteiger partial charge is 0.166 e. The van der Waals surface area contributed by atoms with Crippen LogP contribution in [0.5, 0.6) is 0 Å². The third-order valence-electron chi connectivity index (χ3n) is 4.39. The van der Waals surface area contributed by atoms with Crippen molar-refractivity contribution in [3.05, 3.63) is 35.9 Å². The maximum Gasteiger partial charge on any atom is 0.166 e. The fourth-order valence-corrected chi connectivity index (χ4v) is 3.29. The van der Waals surface area contributed by atoms with Crippen molar-refractivity contribution in [3.8, 4) is 0 Å². The average molecular weight is 289 g/mol. The van der Waals surface area contributed by atoms with Crippen molar-refractivity contribution in [2.75, 3.05) is 20.1 Å². The number of hydrogen-bond donors (Lipinski definition) is 2. The summed E-state index contributed by atoms with van der Waals surface area (Å²) >= 11 is 5.45. The van der Waals surface area contributed by atoms with Crippen LogP contribution in [0.4, 0.5) is 0 Å². The molecule has 20 heavy (non-hydrogen) atoms. The lowest BCUT2D eigenvalue weighted by atomic mass is 10.1. The number of benzene rings is 1. The first-order valence-electron chi connectivity index (χ1n) is 7.53. The molecule has 1 aromatic carbocycles. The molecular formula is C16H23N3S. The number of thiocarbonyl (C=S) groups is 1. The number of piperidine rings is 1. The van der Waals surface area contributed by atoms with E-state index < -0.39 is 0 Å². The standard InChI is InChI=1S/C16H23N3S/c1-19-9-7-13(8-10-19)17-16(20)18-15-11-14(15)12-5-3-2-4-6-12/h2-6,13-15H,7-11H2,1H3,(H2,17,18,20). The van der Waals surface area contributed by atoms with Gasteiger partial charge in [-0.15, -0.1) is 0 Å². The second kappa shape index (κ2) is 6.10. The van der Waals surface area contributed by atoms with Crippen LogP contribution in [0, 0.1) is 0 Å². The van der Waals surface area contributed by atoms with Crippen molar-refractivity contribution in [1.82, 2.24) is 15.5 Å². The van der Waals surface area contributed by atoms with Crippen molar-refractivity contribution in [1.29, 1.82) is 0 Å². The quantitative estimate of drug-likeness (QED) is 0.833.